The molecule has 0 atom stereocenters. The minimum Gasteiger partial charge on any atom is -0.508 e. The Labute approximate surface area is 185 Å². The van der Waals surface area contributed by atoms with E-state index in [4.69, 9.17) is 9.84 Å². The van der Waals surface area contributed by atoms with Gasteiger partial charge in [-0.25, -0.2) is 9.18 Å². The van der Waals surface area contributed by atoms with Crippen molar-refractivity contribution in [3.8, 4) is 11.5 Å². The molecule has 0 bridgehead atoms. The van der Waals surface area contributed by atoms with Gasteiger partial charge in [0, 0.05) is 24.1 Å². The number of ether oxygens (including phenoxy) is 1. The van der Waals surface area contributed by atoms with Crippen LogP contribution in [0.2, 0.25) is 0 Å². The van der Waals surface area contributed by atoms with Gasteiger partial charge >= 0.3 is 5.97 Å². The summed E-state index contributed by atoms with van der Waals surface area (Å²) in [5.74, 6) is -0.664. The molecule has 4 nitrogen and oxygen atoms in total. The normalized spacial score (nSPS) is 13.8. The first kappa shape index (κ1) is 21.1. The number of aliphatic carboxylic acids is 1. The summed E-state index contributed by atoms with van der Waals surface area (Å²) in [6, 6.07) is 19.4. The van der Waals surface area contributed by atoms with Gasteiger partial charge in [-0.1, -0.05) is 54.6 Å². The van der Waals surface area contributed by atoms with Crippen molar-refractivity contribution in [3.05, 3.63) is 113 Å². The lowest BCUT2D eigenvalue weighted by Crippen LogP contribution is -1.97. The molecule has 0 radical (unpaired) electrons. The molecule has 4 rings (SSSR count). The highest BCUT2D eigenvalue weighted by atomic mass is 19.1. The number of phenols is 1. The molecular weight excluding hydrogens is 407 g/mol. The number of carbonyl (C=O) groups is 1. The van der Waals surface area contributed by atoms with Gasteiger partial charge < -0.3 is 14.9 Å². The molecule has 5 heteroatoms. The zero-order valence-corrected chi connectivity index (χ0v) is 17.2. The minimum absolute atomic E-state index is 0.191. The van der Waals surface area contributed by atoms with E-state index in [1.807, 2.05) is 42.5 Å². The number of carboxylic acid groups (broad SMARTS) is 1. The zero-order chi connectivity index (χ0) is 22.5. The summed E-state index contributed by atoms with van der Waals surface area (Å²) in [7, 11) is 0. The van der Waals surface area contributed by atoms with Gasteiger partial charge in [-0.15, -0.1) is 0 Å². The van der Waals surface area contributed by atoms with E-state index in [1.165, 1.54) is 18.2 Å². The Kier molecular flexibility index (Phi) is 6.17. The van der Waals surface area contributed by atoms with Gasteiger partial charge in [0.25, 0.3) is 0 Å². The van der Waals surface area contributed by atoms with E-state index in [1.54, 1.807) is 24.3 Å². The van der Waals surface area contributed by atoms with E-state index in [2.05, 4.69) is 0 Å². The molecule has 2 N–H and O–H groups in total. The highest BCUT2D eigenvalue weighted by Crippen LogP contribution is 2.41. The summed E-state index contributed by atoms with van der Waals surface area (Å²) in [5, 5.41) is 18.4. The first-order valence-electron chi connectivity index (χ1n) is 10.1. The van der Waals surface area contributed by atoms with Crippen molar-refractivity contribution in [3.63, 3.8) is 0 Å². The molecule has 0 saturated heterocycles. The van der Waals surface area contributed by atoms with Crippen molar-refractivity contribution in [1.82, 2.24) is 0 Å². The number of carboxylic acids is 1. The van der Waals surface area contributed by atoms with E-state index in [0.29, 0.717) is 18.8 Å². The first-order chi connectivity index (χ1) is 15.5. The van der Waals surface area contributed by atoms with Crippen LogP contribution in [0, 0.1) is 5.82 Å². The summed E-state index contributed by atoms with van der Waals surface area (Å²) in [6.45, 7) is 0.410. The number of halogens is 1. The average Bonchev–Trinajstić information content (AvgIpc) is 2.97. The van der Waals surface area contributed by atoms with Crippen LogP contribution in [-0.4, -0.2) is 22.8 Å². The van der Waals surface area contributed by atoms with Gasteiger partial charge in [-0.05, 0) is 52.1 Å². The predicted octanol–water partition coefficient (Wildman–Crippen LogP) is 5.93. The molecule has 0 fully saturated rings. The fourth-order valence-corrected chi connectivity index (χ4v) is 3.72. The van der Waals surface area contributed by atoms with Crippen molar-refractivity contribution in [2.75, 3.05) is 6.61 Å². The number of rotatable bonds is 5. The Morgan fingerprint density at radius 3 is 2.38 bits per heavy atom. The van der Waals surface area contributed by atoms with E-state index < -0.39 is 5.97 Å². The summed E-state index contributed by atoms with van der Waals surface area (Å²) in [5.41, 5.74) is 5.62. The molecule has 0 saturated carbocycles. The standard InChI is InChI=1S/C27H21FO4/c28-21-11-14-24-25(17-21)32-16-15-23(19-9-12-22(29)13-10-19)27(24)20-7-5-18(6-8-20)3-1-2-4-26(30)31/h1-14,17,29H,15-16H2,(H,30,31). The predicted molar refractivity (Wildman–Crippen MR) is 123 cm³/mol. The van der Waals surface area contributed by atoms with Crippen LogP contribution in [0.25, 0.3) is 17.2 Å². The van der Waals surface area contributed by atoms with Gasteiger partial charge in [0.15, 0.2) is 0 Å². The van der Waals surface area contributed by atoms with Crippen LogP contribution < -0.4 is 4.74 Å². The first-order valence-corrected chi connectivity index (χ1v) is 10.1. The van der Waals surface area contributed by atoms with E-state index in [9.17, 15) is 14.3 Å². The van der Waals surface area contributed by atoms with Crippen LogP contribution in [0.5, 0.6) is 11.5 Å². The Morgan fingerprint density at radius 2 is 1.66 bits per heavy atom. The van der Waals surface area contributed by atoms with Gasteiger partial charge in [0.2, 0.25) is 0 Å². The number of hydrogen-bond acceptors (Lipinski definition) is 3. The lowest BCUT2D eigenvalue weighted by Gasteiger charge is -2.15. The van der Waals surface area contributed by atoms with E-state index in [-0.39, 0.29) is 11.6 Å². The third-order valence-corrected chi connectivity index (χ3v) is 5.18. The molecular formula is C27H21FO4. The maximum Gasteiger partial charge on any atom is 0.328 e. The van der Waals surface area contributed by atoms with Crippen LogP contribution in [-0.2, 0) is 4.79 Å². The van der Waals surface area contributed by atoms with Crippen molar-refractivity contribution in [2.45, 2.75) is 6.42 Å². The number of allylic oxidation sites excluding steroid dienone is 2. The fourth-order valence-electron chi connectivity index (χ4n) is 3.72. The summed E-state index contributed by atoms with van der Waals surface area (Å²) >= 11 is 0. The molecule has 3 aromatic rings. The molecule has 32 heavy (non-hydrogen) atoms. The Balaban J connectivity index is 1.81. The molecule has 0 spiro atoms. The van der Waals surface area contributed by atoms with Gasteiger partial charge in [-0.3, -0.25) is 0 Å². The Bertz CT molecular complexity index is 1220. The zero-order valence-electron chi connectivity index (χ0n) is 17.2. The van der Waals surface area contributed by atoms with Gasteiger partial charge in [0.1, 0.15) is 17.3 Å². The number of benzene rings is 3. The molecule has 0 aliphatic carbocycles. The maximum atomic E-state index is 13.9. The molecule has 0 aromatic heterocycles. The smallest absolute Gasteiger partial charge is 0.328 e. The summed E-state index contributed by atoms with van der Waals surface area (Å²) in [6.07, 6.45) is 6.65. The third-order valence-electron chi connectivity index (χ3n) is 5.18. The second-order valence-corrected chi connectivity index (χ2v) is 7.32. The van der Waals surface area contributed by atoms with Crippen molar-refractivity contribution < 1.29 is 24.1 Å². The Hall–Kier alpha value is -4.12. The molecule has 1 aliphatic heterocycles. The second kappa shape index (κ2) is 9.35. The lowest BCUT2D eigenvalue weighted by atomic mass is 9.88. The van der Waals surface area contributed by atoms with Crippen LogP contribution in [0.4, 0.5) is 4.39 Å². The topological polar surface area (TPSA) is 66.8 Å². The minimum atomic E-state index is -0.996. The summed E-state index contributed by atoms with van der Waals surface area (Å²) < 4.78 is 19.8. The fraction of sp³-hybridized carbons (Fsp3) is 0.0741. The molecule has 3 aromatic carbocycles. The lowest BCUT2D eigenvalue weighted by molar-refractivity contribution is -0.131. The molecule has 0 unspecified atom stereocenters. The second-order valence-electron chi connectivity index (χ2n) is 7.32. The number of hydrogen-bond donors (Lipinski definition) is 2. The molecule has 160 valence electrons. The monoisotopic (exact) mass is 428 g/mol. The maximum absolute atomic E-state index is 13.9. The number of phenolic OH excluding ortho intramolecular Hbond substituents is 1. The average molecular weight is 428 g/mol. The van der Waals surface area contributed by atoms with E-state index >= 15 is 0 Å². The molecule has 1 aliphatic rings. The van der Waals surface area contributed by atoms with Crippen LogP contribution in [0.1, 0.15) is 28.7 Å². The quantitative estimate of drug-likeness (QED) is 0.391. The molecule has 1 heterocycles. The third kappa shape index (κ3) is 4.78. The van der Waals surface area contributed by atoms with Gasteiger partial charge in [0.05, 0.1) is 6.61 Å². The highest BCUT2D eigenvalue weighted by Gasteiger charge is 2.21. The SMILES string of the molecule is O=C(O)C=CC=Cc1ccc(C2=C(c3ccc(O)cc3)CCOc3cc(F)ccc32)cc1. The number of fused-ring (bicyclic) bond motifs is 1. The van der Waals surface area contributed by atoms with Crippen LogP contribution in [0.3, 0.4) is 0 Å². The highest BCUT2D eigenvalue weighted by molar-refractivity contribution is 6.00. The molecule has 0 amide bonds. The van der Waals surface area contributed by atoms with Crippen LogP contribution in [0.15, 0.2) is 85.0 Å². The van der Waals surface area contributed by atoms with Crippen LogP contribution >= 0.6 is 0 Å². The Morgan fingerprint density at radius 1 is 0.938 bits per heavy atom. The van der Waals surface area contributed by atoms with Crippen molar-refractivity contribution in [2.24, 2.45) is 0 Å². The van der Waals surface area contributed by atoms with Crippen molar-refractivity contribution in [1.29, 1.82) is 0 Å². The van der Waals surface area contributed by atoms with Crippen molar-refractivity contribution >= 4 is 23.2 Å². The summed E-state index contributed by atoms with van der Waals surface area (Å²) in [4.78, 5) is 10.6. The number of aromatic hydroxyl groups is 1. The van der Waals surface area contributed by atoms with E-state index in [0.717, 1.165) is 39.5 Å². The van der Waals surface area contributed by atoms with Gasteiger partial charge in [-0.2, -0.15) is 0 Å². The largest absolute Gasteiger partial charge is 0.508 e.